The minimum atomic E-state index is -1.34. The van der Waals surface area contributed by atoms with Gasteiger partial charge in [0.25, 0.3) is 8.53 Å². The maximum absolute atomic E-state index is 11.8. The molecule has 4 atom stereocenters. The lowest BCUT2D eigenvalue weighted by molar-refractivity contribution is -0.113. The number of carbonyl (C=O) groups is 1. The molecule has 2 aromatic rings. The normalized spacial score (nSPS) is 21.0. The van der Waals surface area contributed by atoms with Gasteiger partial charge in [-0.3, -0.25) is 9.36 Å². The van der Waals surface area contributed by atoms with E-state index >= 15 is 0 Å². The molecule has 0 aromatic carbocycles. The quantitative estimate of drug-likeness (QED) is 0.202. The van der Waals surface area contributed by atoms with E-state index in [2.05, 4.69) is 54.2 Å². The number of ether oxygens (including phenoxy) is 2. The summed E-state index contributed by atoms with van der Waals surface area (Å²) < 4.78 is 29.5. The van der Waals surface area contributed by atoms with E-state index in [0.29, 0.717) is 32.0 Å². The summed E-state index contributed by atoms with van der Waals surface area (Å²) in [7, 11) is -1.34. The van der Waals surface area contributed by atoms with Crippen molar-refractivity contribution in [1.29, 1.82) is 0 Å². The summed E-state index contributed by atoms with van der Waals surface area (Å²) in [5.74, 6) is 0.691. The topological polar surface area (TPSA) is 101 Å². The highest BCUT2D eigenvalue weighted by atomic mass is 32.2. The molecule has 1 aliphatic rings. The van der Waals surface area contributed by atoms with Crippen LogP contribution in [0, 0.1) is 12.8 Å². The summed E-state index contributed by atoms with van der Waals surface area (Å²) in [4.78, 5) is 25.0. The van der Waals surface area contributed by atoms with Crippen molar-refractivity contribution < 1.29 is 23.3 Å². The predicted octanol–water partition coefficient (Wildman–Crippen LogP) is 5.51. The number of fused-ring (bicyclic) bond motifs is 1. The average molecular weight is 570 g/mol. The van der Waals surface area contributed by atoms with E-state index in [4.69, 9.17) is 18.5 Å². The van der Waals surface area contributed by atoms with Crippen molar-refractivity contribution in [2.24, 2.45) is 5.92 Å². The third-order valence-corrected chi connectivity index (χ3v) is 9.56. The lowest BCUT2D eigenvalue weighted by Gasteiger charge is -2.37. The molecular formula is C26H44N5O5PS. The highest BCUT2D eigenvalue weighted by Gasteiger charge is 2.40. The second kappa shape index (κ2) is 15.0. The second-order valence-corrected chi connectivity index (χ2v) is 12.8. The standard InChI is InChI=1S/C26H44N5O5PS/c1-9-21-22(14-23(35-21)30-16-29-24-20(8)27-15-28-25(24)30)36-37(31(18(4)5)19(6)7)34-11-10-33-12-13-38-26(32)17(2)3/h15-19,21-23H,9-14H2,1-8H3/t21-,22?,23-,37?/m1/s1. The van der Waals surface area contributed by atoms with Crippen LogP contribution in [0.1, 0.15) is 73.2 Å². The molecule has 0 saturated carbocycles. The molecule has 0 amide bonds. The van der Waals surface area contributed by atoms with E-state index in [0.717, 1.165) is 23.3 Å². The van der Waals surface area contributed by atoms with Gasteiger partial charge in [-0.2, -0.15) is 0 Å². The molecule has 0 N–H and O–H groups in total. The monoisotopic (exact) mass is 569 g/mol. The first-order valence-electron chi connectivity index (χ1n) is 13.6. The molecule has 38 heavy (non-hydrogen) atoms. The third kappa shape index (κ3) is 8.16. The SMILES string of the molecule is CC[C@H]1O[C@@H](n2cnc3c(C)ncnc32)CC1OP(OCCOCCSC(=O)C(C)C)N(C(C)C)C(C)C. The van der Waals surface area contributed by atoms with Crippen molar-refractivity contribution >= 4 is 36.6 Å². The number of aryl methyl sites for hydroxylation is 1. The summed E-state index contributed by atoms with van der Waals surface area (Å²) in [6, 6.07) is 0.492. The summed E-state index contributed by atoms with van der Waals surface area (Å²) in [5, 5.41) is 0.195. The summed E-state index contributed by atoms with van der Waals surface area (Å²) in [6.07, 6.45) is 4.43. The molecule has 0 spiro atoms. The minimum absolute atomic E-state index is 0.0399. The Labute approximate surface area is 232 Å². The van der Waals surface area contributed by atoms with E-state index in [9.17, 15) is 4.79 Å². The first-order valence-corrected chi connectivity index (χ1v) is 15.7. The number of imidazole rings is 1. The number of aromatic nitrogens is 4. The van der Waals surface area contributed by atoms with E-state index in [1.807, 2.05) is 25.3 Å². The molecule has 0 aliphatic carbocycles. The van der Waals surface area contributed by atoms with Crippen molar-refractivity contribution in [2.75, 3.05) is 25.6 Å². The lowest BCUT2D eigenvalue weighted by atomic mass is 10.1. The smallest absolute Gasteiger partial charge is 0.259 e. The van der Waals surface area contributed by atoms with Gasteiger partial charge in [-0.05, 0) is 41.0 Å². The third-order valence-electron chi connectivity index (χ3n) is 6.28. The first-order chi connectivity index (χ1) is 18.1. The second-order valence-electron chi connectivity index (χ2n) is 10.3. The van der Waals surface area contributed by atoms with Crippen LogP contribution in [0.15, 0.2) is 12.7 Å². The number of hydrogen-bond donors (Lipinski definition) is 0. The van der Waals surface area contributed by atoms with Crippen LogP contribution < -0.4 is 0 Å². The zero-order chi connectivity index (χ0) is 27.8. The van der Waals surface area contributed by atoms with Crippen molar-refractivity contribution in [3.63, 3.8) is 0 Å². The van der Waals surface area contributed by atoms with Gasteiger partial charge < -0.3 is 18.5 Å². The first kappa shape index (κ1) is 31.3. The molecule has 2 aromatic heterocycles. The number of hydrogen-bond acceptors (Lipinski definition) is 10. The maximum Gasteiger partial charge on any atom is 0.259 e. The van der Waals surface area contributed by atoms with Crippen LogP contribution in [0.5, 0.6) is 0 Å². The lowest BCUT2D eigenvalue weighted by Crippen LogP contribution is -2.36. The number of carbonyl (C=O) groups excluding carboxylic acids is 1. The Morgan fingerprint density at radius 2 is 1.89 bits per heavy atom. The van der Waals surface area contributed by atoms with Gasteiger partial charge in [0.05, 0.1) is 44.0 Å². The summed E-state index contributed by atoms with van der Waals surface area (Å²) in [5.41, 5.74) is 2.41. The molecule has 3 rings (SSSR count). The molecular weight excluding hydrogens is 525 g/mol. The van der Waals surface area contributed by atoms with Gasteiger partial charge >= 0.3 is 0 Å². The largest absolute Gasteiger partial charge is 0.378 e. The Morgan fingerprint density at radius 3 is 2.55 bits per heavy atom. The fourth-order valence-corrected chi connectivity index (χ4v) is 6.89. The fraction of sp³-hybridized carbons (Fsp3) is 0.769. The van der Waals surface area contributed by atoms with Crippen LogP contribution in [0.25, 0.3) is 11.2 Å². The minimum Gasteiger partial charge on any atom is -0.378 e. The predicted molar refractivity (Wildman–Crippen MR) is 152 cm³/mol. The zero-order valence-electron chi connectivity index (χ0n) is 24.0. The molecule has 1 saturated heterocycles. The molecule has 1 fully saturated rings. The molecule has 214 valence electrons. The van der Waals surface area contributed by atoms with E-state index in [1.54, 1.807) is 12.7 Å². The Morgan fingerprint density at radius 1 is 1.16 bits per heavy atom. The van der Waals surface area contributed by atoms with Crippen molar-refractivity contribution in [1.82, 2.24) is 24.2 Å². The Balaban J connectivity index is 1.63. The fourth-order valence-electron chi connectivity index (χ4n) is 4.41. The van der Waals surface area contributed by atoms with Crippen LogP contribution >= 0.6 is 20.3 Å². The van der Waals surface area contributed by atoms with Gasteiger partial charge in [0.2, 0.25) is 0 Å². The Hall–Kier alpha value is -1.20. The van der Waals surface area contributed by atoms with Crippen molar-refractivity contribution in [2.45, 2.75) is 98.8 Å². The maximum atomic E-state index is 11.8. The van der Waals surface area contributed by atoms with Crippen molar-refractivity contribution in [3.05, 3.63) is 18.3 Å². The number of thioether (sulfide) groups is 1. The van der Waals surface area contributed by atoms with Gasteiger partial charge in [-0.1, -0.05) is 32.5 Å². The van der Waals surface area contributed by atoms with E-state index in [1.165, 1.54) is 11.8 Å². The van der Waals surface area contributed by atoms with Gasteiger partial charge in [0, 0.05) is 30.2 Å². The Bertz CT molecular complexity index is 1020. The van der Waals surface area contributed by atoms with Crippen LogP contribution in [-0.2, 0) is 23.3 Å². The highest BCUT2D eigenvalue weighted by molar-refractivity contribution is 8.13. The highest BCUT2D eigenvalue weighted by Crippen LogP contribution is 2.50. The van der Waals surface area contributed by atoms with Crippen LogP contribution in [0.4, 0.5) is 0 Å². The van der Waals surface area contributed by atoms with E-state index in [-0.39, 0.29) is 41.6 Å². The van der Waals surface area contributed by atoms with Crippen molar-refractivity contribution in [3.8, 4) is 0 Å². The van der Waals surface area contributed by atoms with Gasteiger partial charge in [-0.15, -0.1) is 0 Å². The van der Waals surface area contributed by atoms with Gasteiger partial charge in [-0.25, -0.2) is 19.6 Å². The molecule has 1 aliphatic heterocycles. The van der Waals surface area contributed by atoms with Crippen LogP contribution in [-0.4, -0.2) is 79.2 Å². The molecule has 10 nitrogen and oxygen atoms in total. The van der Waals surface area contributed by atoms with E-state index < -0.39 is 8.53 Å². The molecule has 3 heterocycles. The number of rotatable bonds is 15. The summed E-state index contributed by atoms with van der Waals surface area (Å²) >= 11 is 1.32. The Kier molecular flexibility index (Phi) is 12.3. The molecule has 12 heteroatoms. The van der Waals surface area contributed by atoms with Gasteiger partial charge in [0.15, 0.2) is 10.8 Å². The van der Waals surface area contributed by atoms with Gasteiger partial charge in [0.1, 0.15) is 18.1 Å². The number of nitrogens with zero attached hydrogens (tertiary/aromatic N) is 5. The van der Waals surface area contributed by atoms with Crippen LogP contribution in [0.2, 0.25) is 0 Å². The van der Waals surface area contributed by atoms with Crippen LogP contribution in [0.3, 0.4) is 0 Å². The average Bonchev–Trinajstić information content (AvgIpc) is 3.47. The zero-order valence-corrected chi connectivity index (χ0v) is 25.7. The molecule has 0 bridgehead atoms. The molecule has 2 unspecified atom stereocenters. The summed E-state index contributed by atoms with van der Waals surface area (Å²) in [6.45, 7) is 17.9. The molecule has 0 radical (unpaired) electrons.